The van der Waals surface area contributed by atoms with Crippen LogP contribution in [0, 0.1) is 19.3 Å². The smallest absolute Gasteiger partial charge is 0.354 e. The minimum atomic E-state index is -1.04. The normalized spacial score (nSPS) is 9.00. The molecular weight excluding hydrogens is 154 g/mol. The van der Waals surface area contributed by atoms with E-state index in [-0.39, 0.29) is 5.69 Å². The fourth-order valence-electron chi connectivity index (χ4n) is 0.824. The molecule has 0 radical (unpaired) electrons. The molecule has 0 amide bonds. The Bertz CT molecular complexity index is 363. The Hall–Kier alpha value is -1.82. The van der Waals surface area contributed by atoms with E-state index in [9.17, 15) is 4.79 Å². The zero-order valence-corrected chi connectivity index (χ0v) is 6.53. The first-order chi connectivity index (χ1) is 5.65. The van der Waals surface area contributed by atoms with Gasteiger partial charge >= 0.3 is 5.97 Å². The number of aromatic nitrogens is 1. The lowest BCUT2D eigenvalue weighted by molar-refractivity contribution is 0.0690. The fraction of sp³-hybridized carbons (Fsp3) is 0.111. The molecule has 0 bridgehead atoms. The number of aromatic carboxylic acids is 1. The number of pyridine rings is 1. The van der Waals surface area contributed by atoms with E-state index in [1.54, 1.807) is 6.92 Å². The highest BCUT2D eigenvalue weighted by Crippen LogP contribution is 2.06. The summed E-state index contributed by atoms with van der Waals surface area (Å²) in [5.74, 6) is 1.37. The largest absolute Gasteiger partial charge is 0.477 e. The van der Waals surface area contributed by atoms with Gasteiger partial charge in [-0.2, -0.15) is 0 Å². The van der Waals surface area contributed by atoms with Crippen LogP contribution in [0.1, 0.15) is 21.6 Å². The van der Waals surface area contributed by atoms with Crippen molar-refractivity contribution >= 4 is 5.97 Å². The average Bonchev–Trinajstić information content (AvgIpc) is 2.04. The van der Waals surface area contributed by atoms with E-state index in [0.717, 1.165) is 5.56 Å². The monoisotopic (exact) mass is 161 g/mol. The molecule has 1 aromatic heterocycles. The molecule has 12 heavy (non-hydrogen) atoms. The Kier molecular flexibility index (Phi) is 2.11. The van der Waals surface area contributed by atoms with Gasteiger partial charge in [0.1, 0.15) is 5.69 Å². The second kappa shape index (κ2) is 3.05. The summed E-state index contributed by atoms with van der Waals surface area (Å²) >= 11 is 0. The van der Waals surface area contributed by atoms with Crippen molar-refractivity contribution < 1.29 is 9.90 Å². The molecule has 0 aliphatic carbocycles. The Morgan fingerprint density at radius 3 is 2.83 bits per heavy atom. The van der Waals surface area contributed by atoms with Crippen LogP contribution in [-0.4, -0.2) is 16.1 Å². The number of nitrogens with zero attached hydrogens (tertiary/aromatic N) is 1. The average molecular weight is 161 g/mol. The van der Waals surface area contributed by atoms with Gasteiger partial charge in [-0.3, -0.25) is 0 Å². The molecule has 1 aromatic rings. The van der Waals surface area contributed by atoms with Crippen molar-refractivity contribution in [3.8, 4) is 12.3 Å². The Morgan fingerprint density at radius 2 is 2.42 bits per heavy atom. The van der Waals surface area contributed by atoms with Crippen molar-refractivity contribution in [3.63, 3.8) is 0 Å². The summed E-state index contributed by atoms with van der Waals surface area (Å²) in [5.41, 5.74) is 1.40. The molecule has 60 valence electrons. The molecule has 3 heteroatoms. The van der Waals surface area contributed by atoms with Crippen LogP contribution in [0.15, 0.2) is 12.3 Å². The SMILES string of the molecule is C#Cc1cnc(C(=O)O)cc1C. The molecule has 0 saturated heterocycles. The summed E-state index contributed by atoms with van der Waals surface area (Å²) in [4.78, 5) is 14.1. The van der Waals surface area contributed by atoms with Gasteiger partial charge in [0.15, 0.2) is 0 Å². The molecule has 1 heterocycles. The van der Waals surface area contributed by atoms with Crippen molar-refractivity contribution in [1.29, 1.82) is 0 Å². The first kappa shape index (κ1) is 8.28. The highest BCUT2D eigenvalue weighted by atomic mass is 16.4. The third-order valence-corrected chi connectivity index (χ3v) is 1.49. The van der Waals surface area contributed by atoms with E-state index in [0.29, 0.717) is 5.56 Å². The van der Waals surface area contributed by atoms with Crippen molar-refractivity contribution in [3.05, 3.63) is 29.1 Å². The number of carbonyl (C=O) groups is 1. The van der Waals surface area contributed by atoms with Gasteiger partial charge in [-0.1, -0.05) is 5.92 Å². The van der Waals surface area contributed by atoms with Crippen LogP contribution in [0.25, 0.3) is 0 Å². The summed E-state index contributed by atoms with van der Waals surface area (Å²) in [6.07, 6.45) is 6.53. The van der Waals surface area contributed by atoms with Crippen LogP contribution >= 0.6 is 0 Å². The van der Waals surface area contributed by atoms with Gasteiger partial charge in [-0.25, -0.2) is 9.78 Å². The predicted molar refractivity (Wildman–Crippen MR) is 43.9 cm³/mol. The van der Waals surface area contributed by atoms with Gasteiger partial charge in [0.05, 0.1) is 0 Å². The molecule has 0 aliphatic rings. The second-order valence-electron chi connectivity index (χ2n) is 2.33. The lowest BCUT2D eigenvalue weighted by Gasteiger charge is -1.98. The zero-order valence-electron chi connectivity index (χ0n) is 6.53. The number of terminal acetylenes is 1. The molecule has 0 atom stereocenters. The maximum atomic E-state index is 10.4. The first-order valence-electron chi connectivity index (χ1n) is 3.31. The number of rotatable bonds is 1. The maximum absolute atomic E-state index is 10.4. The van der Waals surface area contributed by atoms with Crippen molar-refractivity contribution in [1.82, 2.24) is 4.98 Å². The number of aryl methyl sites for hydroxylation is 1. The van der Waals surface area contributed by atoms with Crippen LogP contribution < -0.4 is 0 Å². The molecule has 0 aliphatic heterocycles. The quantitative estimate of drug-likeness (QED) is 0.627. The minimum Gasteiger partial charge on any atom is -0.477 e. The molecule has 0 unspecified atom stereocenters. The summed E-state index contributed by atoms with van der Waals surface area (Å²) in [6.45, 7) is 1.75. The van der Waals surface area contributed by atoms with E-state index in [2.05, 4.69) is 10.9 Å². The lowest BCUT2D eigenvalue weighted by Crippen LogP contribution is -2.01. The Morgan fingerprint density at radius 1 is 1.75 bits per heavy atom. The topological polar surface area (TPSA) is 50.2 Å². The maximum Gasteiger partial charge on any atom is 0.354 e. The zero-order chi connectivity index (χ0) is 9.14. The van der Waals surface area contributed by atoms with E-state index in [1.165, 1.54) is 12.3 Å². The molecule has 0 spiro atoms. The number of carboxylic acid groups (broad SMARTS) is 1. The van der Waals surface area contributed by atoms with E-state index >= 15 is 0 Å². The standard InChI is InChI=1S/C9H7NO2/c1-3-7-5-10-8(9(11)12)4-6(7)2/h1,4-5H,2H3,(H,11,12). The predicted octanol–water partition coefficient (Wildman–Crippen LogP) is 1.07. The van der Waals surface area contributed by atoms with Gasteiger partial charge in [0.2, 0.25) is 0 Å². The van der Waals surface area contributed by atoms with Gasteiger partial charge in [-0.15, -0.1) is 6.42 Å². The number of carboxylic acids is 1. The third kappa shape index (κ3) is 1.43. The Labute approximate surface area is 70.1 Å². The van der Waals surface area contributed by atoms with Crippen LogP contribution in [-0.2, 0) is 0 Å². The molecule has 1 N–H and O–H groups in total. The molecule has 0 fully saturated rings. The van der Waals surface area contributed by atoms with E-state index in [4.69, 9.17) is 11.5 Å². The summed E-state index contributed by atoms with van der Waals surface area (Å²) in [7, 11) is 0. The summed E-state index contributed by atoms with van der Waals surface area (Å²) in [5, 5.41) is 8.56. The third-order valence-electron chi connectivity index (χ3n) is 1.49. The van der Waals surface area contributed by atoms with Crippen LogP contribution in [0.4, 0.5) is 0 Å². The van der Waals surface area contributed by atoms with Gasteiger partial charge < -0.3 is 5.11 Å². The minimum absolute atomic E-state index is 0.0199. The van der Waals surface area contributed by atoms with Crippen LogP contribution in [0.2, 0.25) is 0 Å². The van der Waals surface area contributed by atoms with Crippen molar-refractivity contribution in [2.45, 2.75) is 6.92 Å². The van der Waals surface area contributed by atoms with E-state index < -0.39 is 5.97 Å². The van der Waals surface area contributed by atoms with Crippen molar-refractivity contribution in [2.75, 3.05) is 0 Å². The highest BCUT2D eigenvalue weighted by Gasteiger charge is 2.05. The molecule has 3 nitrogen and oxygen atoms in total. The summed E-state index contributed by atoms with van der Waals surface area (Å²) in [6, 6.07) is 1.46. The second-order valence-corrected chi connectivity index (χ2v) is 2.33. The summed E-state index contributed by atoms with van der Waals surface area (Å²) < 4.78 is 0. The van der Waals surface area contributed by atoms with Crippen LogP contribution in [0.5, 0.6) is 0 Å². The lowest BCUT2D eigenvalue weighted by atomic mass is 10.1. The highest BCUT2D eigenvalue weighted by molar-refractivity contribution is 5.85. The molecule has 1 rings (SSSR count). The van der Waals surface area contributed by atoms with Gasteiger partial charge in [0, 0.05) is 11.8 Å². The number of hydrogen-bond acceptors (Lipinski definition) is 2. The van der Waals surface area contributed by atoms with E-state index in [1.807, 2.05) is 0 Å². The van der Waals surface area contributed by atoms with Crippen molar-refractivity contribution in [2.24, 2.45) is 0 Å². The number of hydrogen-bond donors (Lipinski definition) is 1. The van der Waals surface area contributed by atoms with Gasteiger partial charge in [0.25, 0.3) is 0 Å². The van der Waals surface area contributed by atoms with Crippen LogP contribution in [0.3, 0.4) is 0 Å². The molecule has 0 aromatic carbocycles. The Balaban J connectivity index is 3.21. The first-order valence-corrected chi connectivity index (χ1v) is 3.31. The van der Waals surface area contributed by atoms with Gasteiger partial charge in [-0.05, 0) is 18.6 Å². The molecular formula is C9H7NO2. The molecule has 0 saturated carbocycles. The fourth-order valence-corrected chi connectivity index (χ4v) is 0.824.